The molecule has 0 atom stereocenters. The highest BCUT2D eigenvalue weighted by molar-refractivity contribution is 9.10. The molecule has 0 aliphatic carbocycles. The lowest BCUT2D eigenvalue weighted by Crippen LogP contribution is -2.12. The first kappa shape index (κ1) is 23.2. The lowest BCUT2D eigenvalue weighted by atomic mass is 10.1. The molecule has 0 aliphatic heterocycles. The number of nitrogens with one attached hydrogen (secondary N) is 1. The second-order valence-electron chi connectivity index (χ2n) is 7.36. The van der Waals surface area contributed by atoms with E-state index in [0.717, 1.165) is 22.4 Å². The van der Waals surface area contributed by atoms with Gasteiger partial charge in [-0.25, -0.2) is 0 Å². The van der Waals surface area contributed by atoms with Crippen molar-refractivity contribution in [3.05, 3.63) is 81.3 Å². The summed E-state index contributed by atoms with van der Waals surface area (Å²) in [6.45, 7) is 8.78. The van der Waals surface area contributed by atoms with Crippen LogP contribution in [0.5, 0.6) is 11.5 Å². The van der Waals surface area contributed by atoms with E-state index in [1.165, 1.54) is 17.7 Å². The Balaban J connectivity index is 1.87. The van der Waals surface area contributed by atoms with Gasteiger partial charge < -0.3 is 14.2 Å². The van der Waals surface area contributed by atoms with Gasteiger partial charge in [0.15, 0.2) is 11.5 Å². The van der Waals surface area contributed by atoms with E-state index in [2.05, 4.69) is 53.3 Å². The van der Waals surface area contributed by atoms with Crippen molar-refractivity contribution in [3.8, 4) is 11.5 Å². The van der Waals surface area contributed by atoms with Crippen LogP contribution in [0.15, 0.2) is 64.0 Å². The molecular formula is C24H26BrNO4S. The second kappa shape index (κ2) is 9.75. The Labute approximate surface area is 192 Å². The molecule has 0 amide bonds. The minimum Gasteiger partial charge on any atom is -0.490 e. The predicted octanol–water partition coefficient (Wildman–Crippen LogP) is 6.15. The van der Waals surface area contributed by atoms with Crippen LogP contribution in [-0.2, 0) is 16.7 Å². The molecule has 3 aromatic carbocycles. The normalized spacial score (nSPS) is 11.3. The van der Waals surface area contributed by atoms with Gasteiger partial charge in [-0.05, 0) is 85.1 Å². The Hall–Kier alpha value is -2.51. The summed E-state index contributed by atoms with van der Waals surface area (Å²) in [6.07, 6.45) is 0. The molecule has 164 valence electrons. The zero-order valence-corrected chi connectivity index (χ0v) is 20.4. The monoisotopic (exact) mass is 503 g/mol. The number of rotatable bonds is 8. The van der Waals surface area contributed by atoms with Gasteiger partial charge in [-0.15, -0.1) is 0 Å². The summed E-state index contributed by atoms with van der Waals surface area (Å²) in [4.78, 5) is 0.0908. The fourth-order valence-electron chi connectivity index (χ4n) is 3.14. The summed E-state index contributed by atoms with van der Waals surface area (Å²) in [5.74, 6) is 0.502. The van der Waals surface area contributed by atoms with E-state index >= 15 is 0 Å². The number of ether oxygens (including phenoxy) is 1. The zero-order valence-electron chi connectivity index (χ0n) is 18.0. The maximum Gasteiger partial charge on any atom is 0.339 e. The molecule has 0 unspecified atom stereocenters. The number of benzene rings is 3. The van der Waals surface area contributed by atoms with Gasteiger partial charge in [0.05, 0.1) is 11.1 Å². The highest BCUT2D eigenvalue weighted by atomic mass is 79.9. The molecule has 5 nitrogen and oxygen atoms in total. The summed E-state index contributed by atoms with van der Waals surface area (Å²) >= 11 is 3.46. The molecule has 3 aromatic rings. The largest absolute Gasteiger partial charge is 0.490 e. The summed E-state index contributed by atoms with van der Waals surface area (Å²) in [5.41, 5.74) is 5.31. The Morgan fingerprint density at radius 2 is 1.61 bits per heavy atom. The van der Waals surface area contributed by atoms with Crippen molar-refractivity contribution < 1.29 is 17.3 Å². The molecule has 0 saturated heterocycles. The van der Waals surface area contributed by atoms with Gasteiger partial charge in [-0.1, -0.05) is 35.4 Å². The lowest BCUT2D eigenvalue weighted by Gasteiger charge is -2.16. The Bertz CT molecular complexity index is 1170. The first-order valence-electron chi connectivity index (χ1n) is 9.97. The fourth-order valence-corrected chi connectivity index (χ4v) is 4.77. The predicted molar refractivity (Wildman–Crippen MR) is 128 cm³/mol. The van der Waals surface area contributed by atoms with Crippen molar-refractivity contribution in [2.24, 2.45) is 0 Å². The highest BCUT2D eigenvalue weighted by Crippen LogP contribution is 2.39. The summed E-state index contributed by atoms with van der Waals surface area (Å²) in [6, 6.07) is 16.4. The molecular weight excluding hydrogens is 478 g/mol. The second-order valence-corrected chi connectivity index (χ2v) is 9.76. The van der Waals surface area contributed by atoms with Crippen LogP contribution in [0.25, 0.3) is 0 Å². The van der Waals surface area contributed by atoms with Crippen LogP contribution < -0.4 is 14.2 Å². The van der Waals surface area contributed by atoms with Crippen molar-refractivity contribution in [3.63, 3.8) is 0 Å². The van der Waals surface area contributed by atoms with Gasteiger partial charge in [-0.3, -0.25) is 0 Å². The molecule has 0 spiro atoms. The number of halogens is 1. The Kier molecular flexibility index (Phi) is 7.28. The highest BCUT2D eigenvalue weighted by Gasteiger charge is 2.22. The van der Waals surface area contributed by atoms with Gasteiger partial charge in [0.1, 0.15) is 4.90 Å². The van der Waals surface area contributed by atoms with Gasteiger partial charge in [-0.2, -0.15) is 8.42 Å². The van der Waals surface area contributed by atoms with E-state index in [4.69, 9.17) is 8.92 Å². The summed E-state index contributed by atoms with van der Waals surface area (Å²) in [7, 11) is -4.00. The minimum absolute atomic E-state index is 0.0908. The lowest BCUT2D eigenvalue weighted by molar-refractivity contribution is 0.326. The van der Waals surface area contributed by atoms with Crippen LogP contribution >= 0.6 is 15.9 Å². The van der Waals surface area contributed by atoms with E-state index in [1.54, 1.807) is 18.2 Å². The molecule has 1 N–H and O–H groups in total. The van der Waals surface area contributed by atoms with Crippen molar-refractivity contribution in [1.82, 2.24) is 0 Å². The molecule has 31 heavy (non-hydrogen) atoms. The first-order valence-corrected chi connectivity index (χ1v) is 12.2. The molecule has 0 bridgehead atoms. The van der Waals surface area contributed by atoms with E-state index in [1.807, 2.05) is 19.9 Å². The first-order chi connectivity index (χ1) is 14.7. The van der Waals surface area contributed by atoms with E-state index < -0.39 is 10.1 Å². The minimum atomic E-state index is -4.00. The third kappa shape index (κ3) is 5.80. The van der Waals surface area contributed by atoms with Crippen LogP contribution in [0.3, 0.4) is 0 Å². The van der Waals surface area contributed by atoms with Gasteiger partial charge in [0, 0.05) is 12.2 Å². The fraction of sp³-hybridized carbons (Fsp3) is 0.250. The van der Waals surface area contributed by atoms with Crippen molar-refractivity contribution in [2.45, 2.75) is 39.1 Å². The number of aryl methyl sites for hydroxylation is 3. The molecule has 0 aliphatic rings. The Morgan fingerprint density at radius 1 is 0.935 bits per heavy atom. The molecule has 0 aromatic heterocycles. The molecule has 0 fully saturated rings. The van der Waals surface area contributed by atoms with Crippen LogP contribution in [0.4, 0.5) is 5.69 Å². The standard InChI is InChI=1S/C24H26BrNO4S/c1-5-29-23-14-19(15-26-22-11-8-17(3)12-18(22)4)13-21(25)24(23)30-31(27,28)20-9-6-16(2)7-10-20/h6-14,26H,5,15H2,1-4H3. The third-order valence-electron chi connectivity index (χ3n) is 4.74. The SMILES string of the molecule is CCOc1cc(CNc2ccc(C)cc2C)cc(Br)c1OS(=O)(=O)c1ccc(C)cc1. The third-order valence-corrected chi connectivity index (χ3v) is 6.56. The van der Waals surface area contributed by atoms with Gasteiger partial charge in [0.25, 0.3) is 0 Å². The van der Waals surface area contributed by atoms with E-state index in [9.17, 15) is 8.42 Å². The zero-order chi connectivity index (χ0) is 22.6. The molecule has 0 heterocycles. The molecule has 3 rings (SSSR count). The number of anilines is 1. The van der Waals surface area contributed by atoms with Crippen molar-refractivity contribution >= 4 is 31.7 Å². The van der Waals surface area contributed by atoms with Crippen LogP contribution in [0.1, 0.15) is 29.2 Å². The topological polar surface area (TPSA) is 64.6 Å². The number of hydrogen-bond acceptors (Lipinski definition) is 5. The van der Waals surface area contributed by atoms with Crippen LogP contribution in [0, 0.1) is 20.8 Å². The van der Waals surface area contributed by atoms with Crippen LogP contribution in [-0.4, -0.2) is 15.0 Å². The van der Waals surface area contributed by atoms with E-state index in [0.29, 0.717) is 23.4 Å². The summed E-state index contributed by atoms with van der Waals surface area (Å²) < 4.78 is 37.2. The van der Waals surface area contributed by atoms with Crippen molar-refractivity contribution in [2.75, 3.05) is 11.9 Å². The average molecular weight is 504 g/mol. The van der Waals surface area contributed by atoms with Crippen molar-refractivity contribution in [1.29, 1.82) is 0 Å². The summed E-state index contributed by atoms with van der Waals surface area (Å²) in [5, 5.41) is 3.42. The Morgan fingerprint density at radius 3 is 2.26 bits per heavy atom. The van der Waals surface area contributed by atoms with E-state index in [-0.39, 0.29) is 10.6 Å². The average Bonchev–Trinajstić information content (AvgIpc) is 2.70. The molecule has 0 saturated carbocycles. The smallest absolute Gasteiger partial charge is 0.339 e. The molecule has 0 radical (unpaired) electrons. The maximum absolute atomic E-state index is 12.8. The number of hydrogen-bond donors (Lipinski definition) is 1. The van der Waals surface area contributed by atoms with Gasteiger partial charge >= 0.3 is 10.1 Å². The molecule has 7 heteroatoms. The van der Waals surface area contributed by atoms with Gasteiger partial charge in [0.2, 0.25) is 0 Å². The quantitative estimate of drug-likeness (QED) is 0.373. The maximum atomic E-state index is 12.8. The van der Waals surface area contributed by atoms with Crippen LogP contribution in [0.2, 0.25) is 0 Å².